The minimum Gasteiger partial charge on any atom is -0.333 e. The van der Waals surface area contributed by atoms with E-state index in [-0.39, 0.29) is 29.1 Å². The Bertz CT molecular complexity index is 1750. The molecule has 2 aliphatic rings. The Balaban J connectivity index is 1.08. The topological polar surface area (TPSA) is 92.2 Å². The van der Waals surface area contributed by atoms with Crippen LogP contribution in [-0.4, -0.2) is 43.7 Å². The molecular formula is C36H39F3N6O2. The molecule has 2 bridgehead atoms. The third-order valence-electron chi connectivity index (χ3n) is 9.16. The van der Waals surface area contributed by atoms with Crippen molar-refractivity contribution in [3.05, 3.63) is 101 Å². The summed E-state index contributed by atoms with van der Waals surface area (Å²) in [6.07, 6.45) is 1.31. The lowest BCUT2D eigenvalue weighted by atomic mass is 9.85. The SMILES string of the molecule is Cc1ccc(-n2nc(C(C)(C)C)cc2NC(=O)Nc2ccc(CC3CC4CCC(C3)N4C(=O)c3cnccc3C(F)(F)F)cc2)cc1. The zero-order chi connectivity index (χ0) is 33.5. The summed E-state index contributed by atoms with van der Waals surface area (Å²) in [6, 6.07) is 17.8. The van der Waals surface area contributed by atoms with Crippen LogP contribution in [0.5, 0.6) is 0 Å². The lowest BCUT2D eigenvalue weighted by Gasteiger charge is -2.39. The summed E-state index contributed by atoms with van der Waals surface area (Å²) in [4.78, 5) is 31.9. The molecule has 2 aromatic carbocycles. The molecule has 4 aromatic rings. The van der Waals surface area contributed by atoms with Gasteiger partial charge in [-0.3, -0.25) is 15.1 Å². The van der Waals surface area contributed by atoms with Gasteiger partial charge in [-0.1, -0.05) is 50.6 Å². The number of rotatable bonds is 6. The summed E-state index contributed by atoms with van der Waals surface area (Å²) in [5.74, 6) is 0.279. The van der Waals surface area contributed by atoms with Gasteiger partial charge in [0.15, 0.2) is 0 Å². The van der Waals surface area contributed by atoms with Crippen LogP contribution in [0, 0.1) is 12.8 Å². The zero-order valence-electron chi connectivity index (χ0n) is 26.9. The first kappa shape index (κ1) is 32.3. The van der Waals surface area contributed by atoms with Crippen LogP contribution in [0.15, 0.2) is 73.1 Å². The number of hydrogen-bond acceptors (Lipinski definition) is 4. The number of urea groups is 1. The molecule has 2 aromatic heterocycles. The highest BCUT2D eigenvalue weighted by Gasteiger charge is 2.45. The molecule has 6 rings (SSSR count). The molecule has 2 unspecified atom stereocenters. The monoisotopic (exact) mass is 644 g/mol. The Hall–Kier alpha value is -4.67. The van der Waals surface area contributed by atoms with Crippen molar-refractivity contribution < 1.29 is 22.8 Å². The number of piperidine rings is 1. The van der Waals surface area contributed by atoms with Crippen molar-refractivity contribution in [1.82, 2.24) is 19.7 Å². The number of nitrogens with one attached hydrogen (secondary N) is 2. The average Bonchev–Trinajstić information content (AvgIpc) is 3.56. The van der Waals surface area contributed by atoms with Crippen molar-refractivity contribution in [2.24, 2.45) is 5.92 Å². The van der Waals surface area contributed by atoms with Crippen molar-refractivity contribution in [2.75, 3.05) is 10.6 Å². The van der Waals surface area contributed by atoms with E-state index >= 15 is 0 Å². The maximum absolute atomic E-state index is 13.6. The van der Waals surface area contributed by atoms with Gasteiger partial charge in [0.05, 0.1) is 22.5 Å². The van der Waals surface area contributed by atoms with E-state index in [1.54, 1.807) is 9.58 Å². The highest BCUT2D eigenvalue weighted by molar-refractivity contribution is 5.99. The molecule has 0 spiro atoms. The molecule has 2 saturated heterocycles. The number of carbonyl (C=O) groups excluding carboxylic acids is 2. The molecule has 2 N–H and O–H groups in total. The molecule has 0 saturated carbocycles. The fourth-order valence-corrected chi connectivity index (χ4v) is 6.79. The molecule has 2 aliphatic heterocycles. The van der Waals surface area contributed by atoms with Crippen LogP contribution in [0.1, 0.15) is 79.2 Å². The number of fused-ring (bicyclic) bond motifs is 2. The van der Waals surface area contributed by atoms with Crippen molar-refractivity contribution in [1.29, 1.82) is 0 Å². The van der Waals surface area contributed by atoms with Gasteiger partial charge in [-0.05, 0) is 80.8 Å². The quantitative estimate of drug-likeness (QED) is 0.222. The van der Waals surface area contributed by atoms with Gasteiger partial charge in [0.2, 0.25) is 0 Å². The number of benzene rings is 2. The van der Waals surface area contributed by atoms with Gasteiger partial charge in [0.25, 0.3) is 5.91 Å². The fraction of sp³-hybridized carbons (Fsp3) is 0.389. The van der Waals surface area contributed by atoms with Crippen molar-refractivity contribution in [3.63, 3.8) is 0 Å². The summed E-state index contributed by atoms with van der Waals surface area (Å²) in [6.45, 7) is 8.24. The van der Waals surface area contributed by atoms with Gasteiger partial charge in [-0.2, -0.15) is 18.3 Å². The molecule has 2 atom stereocenters. The van der Waals surface area contributed by atoms with Gasteiger partial charge in [0.1, 0.15) is 5.82 Å². The minimum absolute atomic E-state index is 0.0932. The van der Waals surface area contributed by atoms with E-state index in [2.05, 4.69) is 36.4 Å². The lowest BCUT2D eigenvalue weighted by Crippen LogP contribution is -2.47. The summed E-state index contributed by atoms with van der Waals surface area (Å²) in [7, 11) is 0. The van der Waals surface area contributed by atoms with Crippen molar-refractivity contribution in [2.45, 2.75) is 83.5 Å². The van der Waals surface area contributed by atoms with E-state index in [1.165, 1.54) is 0 Å². The molecular weight excluding hydrogens is 605 g/mol. The molecule has 47 heavy (non-hydrogen) atoms. The molecule has 3 amide bonds. The first-order valence-electron chi connectivity index (χ1n) is 15.9. The Morgan fingerprint density at radius 3 is 2.19 bits per heavy atom. The van der Waals surface area contributed by atoms with Crippen LogP contribution in [0.2, 0.25) is 0 Å². The number of aromatic nitrogens is 3. The number of carbonyl (C=O) groups is 2. The van der Waals surface area contributed by atoms with E-state index in [9.17, 15) is 22.8 Å². The molecule has 8 nitrogen and oxygen atoms in total. The highest BCUT2D eigenvalue weighted by atomic mass is 19.4. The van der Waals surface area contributed by atoms with Crippen LogP contribution in [0.4, 0.5) is 29.5 Å². The molecule has 0 radical (unpaired) electrons. The number of hydrogen-bond donors (Lipinski definition) is 2. The molecule has 0 aliphatic carbocycles. The lowest BCUT2D eigenvalue weighted by molar-refractivity contribution is -0.138. The second-order valence-corrected chi connectivity index (χ2v) is 13.7. The Morgan fingerprint density at radius 1 is 0.915 bits per heavy atom. The first-order valence-corrected chi connectivity index (χ1v) is 15.9. The third-order valence-corrected chi connectivity index (χ3v) is 9.16. The largest absolute Gasteiger partial charge is 0.417 e. The molecule has 11 heteroatoms. The number of anilines is 2. The van der Waals surface area contributed by atoms with Crippen LogP contribution >= 0.6 is 0 Å². The Morgan fingerprint density at radius 2 is 1.57 bits per heavy atom. The van der Waals surface area contributed by atoms with E-state index < -0.39 is 17.6 Å². The van der Waals surface area contributed by atoms with Crippen LogP contribution in [0.25, 0.3) is 5.69 Å². The molecule has 246 valence electrons. The Labute approximate surface area is 272 Å². The third kappa shape index (κ3) is 7.03. The summed E-state index contributed by atoms with van der Waals surface area (Å²) >= 11 is 0. The Kier molecular flexibility index (Phi) is 8.59. The van der Waals surface area contributed by atoms with Gasteiger partial charge in [0, 0.05) is 41.6 Å². The van der Waals surface area contributed by atoms with E-state index in [1.807, 2.05) is 61.5 Å². The number of nitrogens with zero attached hydrogens (tertiary/aromatic N) is 4. The number of pyridine rings is 1. The number of alkyl halides is 3. The fourth-order valence-electron chi connectivity index (χ4n) is 6.79. The van der Waals surface area contributed by atoms with Crippen LogP contribution in [-0.2, 0) is 18.0 Å². The smallest absolute Gasteiger partial charge is 0.333 e. The molecule has 4 heterocycles. The van der Waals surface area contributed by atoms with Crippen molar-refractivity contribution >= 4 is 23.4 Å². The zero-order valence-corrected chi connectivity index (χ0v) is 26.9. The van der Waals surface area contributed by atoms with Gasteiger partial charge in [-0.25, -0.2) is 9.48 Å². The summed E-state index contributed by atoms with van der Waals surface area (Å²) in [5.41, 5.74) is 3.04. The predicted molar refractivity (Wildman–Crippen MR) is 175 cm³/mol. The van der Waals surface area contributed by atoms with Gasteiger partial charge < -0.3 is 10.2 Å². The molecule has 2 fully saturated rings. The van der Waals surface area contributed by atoms with E-state index in [0.717, 1.165) is 73.1 Å². The van der Waals surface area contributed by atoms with Gasteiger partial charge >= 0.3 is 12.2 Å². The summed E-state index contributed by atoms with van der Waals surface area (Å²) < 4.78 is 42.5. The van der Waals surface area contributed by atoms with E-state index in [4.69, 9.17) is 5.10 Å². The predicted octanol–water partition coefficient (Wildman–Crippen LogP) is 8.16. The number of amides is 3. The normalized spacial score (nSPS) is 19.5. The summed E-state index contributed by atoms with van der Waals surface area (Å²) in [5, 5.41) is 10.6. The average molecular weight is 645 g/mol. The van der Waals surface area contributed by atoms with Crippen LogP contribution < -0.4 is 10.6 Å². The van der Waals surface area contributed by atoms with Crippen LogP contribution in [0.3, 0.4) is 0 Å². The van der Waals surface area contributed by atoms with Crippen molar-refractivity contribution in [3.8, 4) is 5.69 Å². The number of halogens is 3. The number of aryl methyl sites for hydroxylation is 1. The maximum atomic E-state index is 13.6. The second-order valence-electron chi connectivity index (χ2n) is 13.7. The minimum atomic E-state index is -4.62. The standard InChI is InChI=1S/C36H39F3N6O2/c1-22-5-11-26(12-6-22)45-32(20-31(43-45)35(2,3)4)42-34(47)41-25-9-7-23(8-10-25)17-24-18-27-13-14-28(19-24)44(27)33(46)29-21-40-16-15-30(29)36(37,38)39/h5-12,15-16,20-21,24,27-28H,13-14,17-19H2,1-4H3,(H2,41,42,47). The second kappa shape index (κ2) is 12.5. The van der Waals surface area contributed by atoms with E-state index in [0.29, 0.717) is 17.4 Å². The van der Waals surface area contributed by atoms with Gasteiger partial charge in [-0.15, -0.1) is 0 Å². The maximum Gasteiger partial charge on any atom is 0.417 e. The first-order chi connectivity index (χ1) is 22.3. The highest BCUT2D eigenvalue weighted by Crippen LogP contribution is 2.42.